The van der Waals surface area contributed by atoms with Gasteiger partial charge in [0, 0.05) is 12.1 Å². The van der Waals surface area contributed by atoms with Crippen LogP contribution >= 0.6 is 0 Å². The molecule has 3 saturated carbocycles. The molecule has 1 nitrogen and oxygen atoms in total. The van der Waals surface area contributed by atoms with Crippen LogP contribution in [0.25, 0.3) is 0 Å². The predicted octanol–water partition coefficient (Wildman–Crippen LogP) is 4.37. The summed E-state index contributed by atoms with van der Waals surface area (Å²) >= 11 is 0. The Hall–Kier alpha value is -0.0400. The summed E-state index contributed by atoms with van der Waals surface area (Å²) in [6.07, 6.45) is 10.1. The second-order valence-electron chi connectivity index (χ2n) is 8.11. The van der Waals surface area contributed by atoms with E-state index >= 15 is 0 Å². The zero-order valence-electron chi connectivity index (χ0n) is 12.8. The lowest BCUT2D eigenvalue weighted by Crippen LogP contribution is -2.48. The molecule has 0 saturated heterocycles. The maximum atomic E-state index is 4.06. The second kappa shape index (κ2) is 4.23. The summed E-state index contributed by atoms with van der Waals surface area (Å²) in [5.74, 6) is 2.03. The zero-order valence-corrected chi connectivity index (χ0v) is 12.8. The van der Waals surface area contributed by atoms with Gasteiger partial charge in [0.25, 0.3) is 0 Å². The average molecular weight is 249 g/mol. The molecule has 0 aromatic carbocycles. The molecule has 18 heavy (non-hydrogen) atoms. The van der Waals surface area contributed by atoms with Gasteiger partial charge in [-0.2, -0.15) is 0 Å². The normalized spacial score (nSPS) is 43.3. The number of hydrogen-bond donors (Lipinski definition) is 1. The fourth-order valence-corrected chi connectivity index (χ4v) is 4.85. The van der Waals surface area contributed by atoms with Gasteiger partial charge in [-0.15, -0.1) is 0 Å². The van der Waals surface area contributed by atoms with Crippen molar-refractivity contribution >= 4 is 0 Å². The summed E-state index contributed by atoms with van der Waals surface area (Å²) in [7, 11) is 0. The maximum absolute atomic E-state index is 4.06. The quantitative estimate of drug-likeness (QED) is 0.763. The van der Waals surface area contributed by atoms with E-state index in [4.69, 9.17) is 0 Å². The van der Waals surface area contributed by atoms with Gasteiger partial charge in [-0.3, -0.25) is 0 Å². The first kappa shape index (κ1) is 13.0. The molecule has 4 unspecified atom stereocenters. The molecule has 3 aliphatic carbocycles. The van der Waals surface area contributed by atoms with Crippen LogP contribution < -0.4 is 5.32 Å². The van der Waals surface area contributed by atoms with Crippen molar-refractivity contribution in [3.05, 3.63) is 0 Å². The molecule has 0 aromatic rings. The van der Waals surface area contributed by atoms with E-state index in [9.17, 15) is 0 Å². The summed E-state index contributed by atoms with van der Waals surface area (Å²) in [6.45, 7) is 9.96. The van der Waals surface area contributed by atoms with E-state index in [1.165, 1.54) is 44.9 Å². The summed E-state index contributed by atoms with van der Waals surface area (Å²) in [6, 6.07) is 1.57. The average Bonchev–Trinajstić information content (AvgIpc) is 3.08. The van der Waals surface area contributed by atoms with E-state index in [-0.39, 0.29) is 0 Å². The van der Waals surface area contributed by atoms with Crippen LogP contribution in [0.15, 0.2) is 0 Å². The van der Waals surface area contributed by atoms with Crippen LogP contribution in [0.1, 0.15) is 72.6 Å². The van der Waals surface area contributed by atoms with Gasteiger partial charge in [-0.1, -0.05) is 40.5 Å². The van der Waals surface area contributed by atoms with Crippen LogP contribution in [0.2, 0.25) is 0 Å². The molecule has 0 aliphatic heterocycles. The van der Waals surface area contributed by atoms with E-state index < -0.39 is 0 Å². The first-order valence-electron chi connectivity index (χ1n) is 8.23. The van der Waals surface area contributed by atoms with E-state index in [2.05, 4.69) is 33.0 Å². The zero-order chi connectivity index (χ0) is 13.0. The Morgan fingerprint density at radius 2 is 1.89 bits per heavy atom. The Kier molecular flexibility index (Phi) is 3.05. The summed E-state index contributed by atoms with van der Waals surface area (Å²) in [5, 5.41) is 4.06. The number of hydrogen-bond acceptors (Lipinski definition) is 1. The van der Waals surface area contributed by atoms with Crippen LogP contribution in [-0.2, 0) is 0 Å². The van der Waals surface area contributed by atoms with Crippen LogP contribution in [-0.4, -0.2) is 12.1 Å². The van der Waals surface area contributed by atoms with Crippen molar-refractivity contribution in [3.63, 3.8) is 0 Å². The molecule has 0 amide bonds. The van der Waals surface area contributed by atoms with E-state index in [0.717, 1.165) is 23.9 Å². The maximum Gasteiger partial charge on any atom is 0.0131 e. The SMILES string of the molecule is CCC(CC1CC1)NC1CC2CCC1(C)C2(C)C. The third-order valence-corrected chi connectivity index (χ3v) is 7.04. The lowest BCUT2D eigenvalue weighted by molar-refractivity contribution is 0.113. The molecule has 0 heterocycles. The lowest BCUT2D eigenvalue weighted by Gasteiger charge is -2.41. The number of rotatable bonds is 5. The standard InChI is InChI=1S/C17H31N/c1-5-14(10-12-6-7-12)18-15-11-13-8-9-17(15,4)16(13,2)3/h12-15,18H,5-11H2,1-4H3. The smallest absolute Gasteiger partial charge is 0.0131 e. The van der Waals surface area contributed by atoms with Gasteiger partial charge >= 0.3 is 0 Å². The molecule has 0 radical (unpaired) electrons. The van der Waals surface area contributed by atoms with Gasteiger partial charge in [0.05, 0.1) is 0 Å². The number of nitrogens with one attached hydrogen (secondary N) is 1. The van der Waals surface area contributed by atoms with Crippen molar-refractivity contribution in [1.29, 1.82) is 0 Å². The fraction of sp³-hybridized carbons (Fsp3) is 1.00. The van der Waals surface area contributed by atoms with Crippen molar-refractivity contribution < 1.29 is 0 Å². The van der Waals surface area contributed by atoms with Crippen molar-refractivity contribution in [2.45, 2.75) is 84.7 Å². The van der Waals surface area contributed by atoms with Crippen molar-refractivity contribution in [1.82, 2.24) is 5.32 Å². The first-order valence-corrected chi connectivity index (χ1v) is 8.23. The molecular formula is C17H31N. The fourth-order valence-electron chi connectivity index (χ4n) is 4.85. The largest absolute Gasteiger partial charge is 0.311 e. The van der Waals surface area contributed by atoms with Crippen LogP contribution in [0, 0.1) is 22.7 Å². The highest BCUT2D eigenvalue weighted by atomic mass is 15.0. The molecule has 0 aromatic heterocycles. The molecule has 0 spiro atoms. The Morgan fingerprint density at radius 3 is 2.33 bits per heavy atom. The molecule has 1 N–H and O–H groups in total. The van der Waals surface area contributed by atoms with Crippen LogP contribution in [0.3, 0.4) is 0 Å². The van der Waals surface area contributed by atoms with Crippen molar-refractivity contribution in [2.24, 2.45) is 22.7 Å². The van der Waals surface area contributed by atoms with E-state index in [0.29, 0.717) is 10.8 Å². The Balaban J connectivity index is 1.66. The lowest BCUT2D eigenvalue weighted by atomic mass is 9.69. The highest BCUT2D eigenvalue weighted by Gasteiger charge is 2.61. The van der Waals surface area contributed by atoms with E-state index in [1.807, 2.05) is 0 Å². The summed E-state index contributed by atoms with van der Waals surface area (Å²) in [4.78, 5) is 0. The van der Waals surface area contributed by atoms with Crippen LogP contribution in [0.5, 0.6) is 0 Å². The molecule has 104 valence electrons. The van der Waals surface area contributed by atoms with Gasteiger partial charge < -0.3 is 5.32 Å². The first-order chi connectivity index (χ1) is 8.47. The van der Waals surface area contributed by atoms with Crippen molar-refractivity contribution in [2.75, 3.05) is 0 Å². The minimum Gasteiger partial charge on any atom is -0.311 e. The van der Waals surface area contributed by atoms with Crippen LogP contribution in [0.4, 0.5) is 0 Å². The molecule has 4 atom stereocenters. The van der Waals surface area contributed by atoms with Crippen molar-refractivity contribution in [3.8, 4) is 0 Å². The van der Waals surface area contributed by atoms with Gasteiger partial charge in [-0.05, 0) is 54.8 Å². The second-order valence-corrected chi connectivity index (χ2v) is 8.11. The van der Waals surface area contributed by atoms with E-state index in [1.54, 1.807) is 0 Å². The monoisotopic (exact) mass is 249 g/mol. The molecule has 2 bridgehead atoms. The predicted molar refractivity (Wildman–Crippen MR) is 77.6 cm³/mol. The molecular weight excluding hydrogens is 218 g/mol. The summed E-state index contributed by atoms with van der Waals surface area (Å²) < 4.78 is 0. The van der Waals surface area contributed by atoms with Gasteiger partial charge in [0.2, 0.25) is 0 Å². The highest BCUT2D eigenvalue weighted by molar-refractivity contribution is 5.13. The third-order valence-electron chi connectivity index (χ3n) is 7.04. The van der Waals surface area contributed by atoms with Gasteiger partial charge in [0.1, 0.15) is 0 Å². The molecule has 1 heteroatoms. The molecule has 3 fully saturated rings. The molecule has 3 aliphatic rings. The molecule has 3 rings (SSSR count). The number of fused-ring (bicyclic) bond motifs is 2. The Morgan fingerprint density at radius 1 is 1.17 bits per heavy atom. The topological polar surface area (TPSA) is 12.0 Å². The highest BCUT2D eigenvalue weighted by Crippen LogP contribution is 2.65. The third kappa shape index (κ3) is 1.85. The summed E-state index contributed by atoms with van der Waals surface area (Å²) in [5.41, 5.74) is 1.11. The minimum atomic E-state index is 0.550. The minimum absolute atomic E-state index is 0.550. The Labute approximate surface area is 113 Å². The Bertz CT molecular complexity index is 318. The van der Waals surface area contributed by atoms with Gasteiger partial charge in [0.15, 0.2) is 0 Å². The van der Waals surface area contributed by atoms with Gasteiger partial charge in [-0.25, -0.2) is 0 Å².